The summed E-state index contributed by atoms with van der Waals surface area (Å²) >= 11 is 0. The predicted octanol–water partition coefficient (Wildman–Crippen LogP) is 5.97. The highest BCUT2D eigenvalue weighted by Crippen LogP contribution is 2.64. The third-order valence-corrected chi connectivity index (χ3v) is 4.18. The second kappa shape index (κ2) is 8.01. The van der Waals surface area contributed by atoms with Gasteiger partial charge in [0.15, 0.2) is 0 Å². The van der Waals surface area contributed by atoms with Crippen LogP contribution in [-0.2, 0) is 9.47 Å². The minimum atomic E-state index is -8.66. The van der Waals surface area contributed by atoms with Gasteiger partial charge in [-0.3, -0.25) is 0 Å². The van der Waals surface area contributed by atoms with Crippen LogP contribution in [0.15, 0.2) is 12.7 Å². The van der Waals surface area contributed by atoms with Crippen LogP contribution in [0.25, 0.3) is 0 Å². The van der Waals surface area contributed by atoms with E-state index in [9.17, 15) is 74.6 Å². The summed E-state index contributed by atoms with van der Waals surface area (Å²) in [5, 5.41) is 0. The van der Waals surface area contributed by atoms with Gasteiger partial charge in [0.2, 0.25) is 0 Å². The van der Waals surface area contributed by atoms with E-state index in [0.29, 0.717) is 0 Å². The lowest BCUT2D eigenvalue weighted by Crippen LogP contribution is -2.75. The zero-order valence-electron chi connectivity index (χ0n) is 15.1. The first-order valence-corrected chi connectivity index (χ1v) is 7.86. The Balaban J connectivity index is 3.53. The molecule has 1 heterocycles. The number of epoxide rings is 1. The second-order valence-electron chi connectivity index (χ2n) is 6.51. The molecule has 196 valence electrons. The fourth-order valence-electron chi connectivity index (χ4n) is 2.05. The Bertz CT molecular complexity index is 722. The van der Waals surface area contributed by atoms with E-state index in [-0.39, 0.29) is 6.61 Å². The van der Waals surface area contributed by atoms with Crippen molar-refractivity contribution in [1.82, 2.24) is 0 Å². The lowest BCUT2D eigenvalue weighted by molar-refractivity contribution is -0.463. The Labute approximate surface area is 171 Å². The van der Waals surface area contributed by atoms with Gasteiger partial charge < -0.3 is 9.47 Å². The summed E-state index contributed by atoms with van der Waals surface area (Å²) in [7, 11) is 0. The molecule has 0 aromatic heterocycles. The summed E-state index contributed by atoms with van der Waals surface area (Å²) in [4.78, 5) is 0. The monoisotopic (exact) mass is 532 g/mol. The van der Waals surface area contributed by atoms with Gasteiger partial charge >= 0.3 is 47.6 Å². The molecule has 1 fully saturated rings. The third-order valence-electron chi connectivity index (χ3n) is 4.18. The second-order valence-corrected chi connectivity index (χ2v) is 6.51. The highest BCUT2D eigenvalue weighted by Gasteiger charge is 2.95. The van der Waals surface area contributed by atoms with Gasteiger partial charge in [-0.15, -0.1) is 6.58 Å². The molecule has 0 bridgehead atoms. The number of halogens is 17. The number of ether oxygens (including phenoxy) is 2. The average Bonchev–Trinajstić information content (AvgIpc) is 3.44. The Morgan fingerprint density at radius 3 is 1.30 bits per heavy atom. The Hall–Kier alpha value is -1.53. The smallest absolute Gasteiger partial charge is 0.371 e. The minimum Gasteiger partial charge on any atom is -0.371 e. The lowest BCUT2D eigenvalue weighted by atomic mass is 9.87. The van der Waals surface area contributed by atoms with Crippen molar-refractivity contribution in [3.63, 3.8) is 0 Å². The van der Waals surface area contributed by atoms with Gasteiger partial charge in [0.1, 0.15) is 12.2 Å². The van der Waals surface area contributed by atoms with Gasteiger partial charge in [0, 0.05) is 0 Å². The maximum atomic E-state index is 13.9. The van der Waals surface area contributed by atoms with Crippen LogP contribution in [0.4, 0.5) is 74.6 Å². The van der Waals surface area contributed by atoms with Crippen LogP contribution in [0.3, 0.4) is 0 Å². The van der Waals surface area contributed by atoms with Crippen molar-refractivity contribution in [1.29, 1.82) is 0 Å². The summed E-state index contributed by atoms with van der Waals surface area (Å²) in [6, 6.07) is 0. The summed E-state index contributed by atoms with van der Waals surface area (Å²) in [6.45, 7) is 1.11. The molecule has 0 amide bonds. The van der Waals surface area contributed by atoms with Crippen LogP contribution >= 0.6 is 0 Å². The van der Waals surface area contributed by atoms with Gasteiger partial charge in [-0.2, -0.15) is 74.6 Å². The summed E-state index contributed by atoms with van der Waals surface area (Å²) in [6.07, 6.45) is -12.9. The molecular formula is C14H9F17O2. The van der Waals surface area contributed by atoms with Crippen molar-refractivity contribution in [2.24, 2.45) is 0 Å². The van der Waals surface area contributed by atoms with E-state index in [0.717, 1.165) is 0 Å². The molecule has 0 N–H and O–H groups in total. The fourth-order valence-corrected chi connectivity index (χ4v) is 2.05. The maximum Gasteiger partial charge on any atom is 0.460 e. The first kappa shape index (κ1) is 29.5. The normalized spacial score (nSPS) is 20.6. The van der Waals surface area contributed by atoms with Crippen LogP contribution in [0.1, 0.15) is 0 Å². The molecule has 1 saturated heterocycles. The minimum absolute atomic E-state index is 0.227. The Morgan fingerprint density at radius 2 is 1.00 bits per heavy atom. The maximum absolute atomic E-state index is 13.9. The van der Waals surface area contributed by atoms with Crippen molar-refractivity contribution in [2.75, 3.05) is 13.2 Å². The molecule has 0 aliphatic carbocycles. The molecule has 0 aromatic rings. The summed E-state index contributed by atoms with van der Waals surface area (Å²) < 4.78 is 232. The zero-order chi connectivity index (χ0) is 26.7. The Kier molecular flexibility index (Phi) is 7.16. The average molecular weight is 532 g/mol. The van der Waals surface area contributed by atoms with Crippen LogP contribution in [-0.4, -0.2) is 73.1 Å². The zero-order valence-corrected chi connectivity index (χ0v) is 15.1. The van der Waals surface area contributed by atoms with Gasteiger partial charge in [-0.25, -0.2) is 0 Å². The van der Waals surface area contributed by atoms with Crippen molar-refractivity contribution < 1.29 is 84.1 Å². The van der Waals surface area contributed by atoms with Crippen LogP contribution in [0.2, 0.25) is 0 Å². The summed E-state index contributed by atoms with van der Waals surface area (Å²) in [5.74, 6) is -56.8. The van der Waals surface area contributed by atoms with E-state index in [1.807, 2.05) is 0 Å². The molecule has 2 unspecified atom stereocenters. The van der Waals surface area contributed by atoms with Crippen LogP contribution < -0.4 is 0 Å². The van der Waals surface area contributed by atoms with Crippen molar-refractivity contribution in [3.8, 4) is 0 Å². The number of hydrogen-bond acceptors (Lipinski definition) is 2. The predicted molar refractivity (Wildman–Crippen MR) is 70.4 cm³/mol. The SMILES string of the molecule is C=CC(OCC1CO1)C(F)(F)C(F)(F)C(F)(F)C(F)(F)C(F)(F)C(F)(F)C(F)(F)C(F)(F)F. The molecule has 2 nitrogen and oxygen atoms in total. The highest BCUT2D eigenvalue weighted by atomic mass is 19.4. The highest BCUT2D eigenvalue weighted by molar-refractivity contribution is 5.17. The third kappa shape index (κ3) is 4.12. The first-order valence-electron chi connectivity index (χ1n) is 7.86. The number of alkyl halides is 17. The van der Waals surface area contributed by atoms with E-state index in [1.165, 1.54) is 0 Å². The van der Waals surface area contributed by atoms with E-state index in [1.54, 1.807) is 0 Å². The molecular weight excluding hydrogens is 523 g/mol. The standard InChI is InChI=1S/C14H9F17O2/c1-2-6(33-4-5-3-32-5)7(15,16)8(17,18)9(19,20)10(21,22)11(23,24)12(25,26)13(27,28)14(29,30)31/h2,5-6H,1,3-4H2. The van der Waals surface area contributed by atoms with E-state index in [2.05, 4.69) is 16.1 Å². The molecule has 1 rings (SSSR count). The number of hydrogen-bond donors (Lipinski definition) is 0. The topological polar surface area (TPSA) is 21.8 Å². The van der Waals surface area contributed by atoms with Crippen LogP contribution in [0, 0.1) is 0 Å². The van der Waals surface area contributed by atoms with Gasteiger partial charge in [-0.1, -0.05) is 6.08 Å². The van der Waals surface area contributed by atoms with E-state index >= 15 is 0 Å². The molecule has 0 aromatic carbocycles. The van der Waals surface area contributed by atoms with Crippen LogP contribution in [0.5, 0.6) is 0 Å². The Morgan fingerprint density at radius 1 is 0.667 bits per heavy atom. The van der Waals surface area contributed by atoms with Crippen molar-refractivity contribution in [2.45, 2.75) is 59.8 Å². The van der Waals surface area contributed by atoms with Crippen molar-refractivity contribution >= 4 is 0 Å². The quantitative estimate of drug-likeness (QED) is 0.186. The molecule has 0 spiro atoms. The molecule has 1 aliphatic rings. The largest absolute Gasteiger partial charge is 0.460 e. The van der Waals surface area contributed by atoms with Gasteiger partial charge in [-0.05, 0) is 0 Å². The summed E-state index contributed by atoms with van der Waals surface area (Å²) in [5.41, 5.74) is 0. The van der Waals surface area contributed by atoms with Gasteiger partial charge in [0.25, 0.3) is 0 Å². The molecule has 19 heteroatoms. The van der Waals surface area contributed by atoms with Crippen molar-refractivity contribution in [3.05, 3.63) is 12.7 Å². The number of rotatable bonds is 11. The van der Waals surface area contributed by atoms with E-state index < -0.39 is 72.5 Å². The van der Waals surface area contributed by atoms with E-state index in [4.69, 9.17) is 0 Å². The molecule has 0 saturated carbocycles. The van der Waals surface area contributed by atoms with Gasteiger partial charge in [0.05, 0.1) is 13.2 Å². The molecule has 2 atom stereocenters. The lowest BCUT2D eigenvalue weighted by Gasteiger charge is -2.43. The molecule has 1 aliphatic heterocycles. The fraction of sp³-hybridized carbons (Fsp3) is 0.857. The molecule has 33 heavy (non-hydrogen) atoms. The first-order chi connectivity index (χ1) is 14.3. The molecule has 0 radical (unpaired) electrons.